The van der Waals surface area contributed by atoms with Crippen molar-refractivity contribution in [1.82, 2.24) is 0 Å². The Morgan fingerprint density at radius 3 is 2.30 bits per heavy atom. The summed E-state index contributed by atoms with van der Waals surface area (Å²) in [5, 5.41) is 0. The Balaban J connectivity index is 3.69. The van der Waals surface area contributed by atoms with Crippen molar-refractivity contribution in [1.29, 1.82) is 0 Å². The quantitative estimate of drug-likeness (QED) is 0.604. The average Bonchev–Trinajstić information content (AvgIpc) is 1.59. The van der Waals surface area contributed by atoms with Gasteiger partial charge in [0.1, 0.15) is 9.84 Å². The second kappa shape index (κ2) is 3.93. The molecule has 1 atom stereocenters. The monoisotopic (exact) mass is 166 g/mol. The molecular formula is C6H14O3S. The maximum absolute atomic E-state index is 10.7. The van der Waals surface area contributed by atoms with Gasteiger partial charge in [0, 0.05) is 20.0 Å². The standard InChI is InChI=1S/C6H14O3S/c1-6(4-9-2)5-10(3,7)8/h6H,4-5H2,1-3H3. The van der Waals surface area contributed by atoms with E-state index in [9.17, 15) is 8.42 Å². The van der Waals surface area contributed by atoms with Gasteiger partial charge < -0.3 is 4.74 Å². The Hall–Kier alpha value is -0.0900. The number of ether oxygens (including phenoxy) is 1. The summed E-state index contributed by atoms with van der Waals surface area (Å²) >= 11 is 0. The van der Waals surface area contributed by atoms with E-state index in [1.165, 1.54) is 6.26 Å². The van der Waals surface area contributed by atoms with Crippen molar-refractivity contribution in [3.8, 4) is 0 Å². The summed E-state index contributed by atoms with van der Waals surface area (Å²) < 4.78 is 26.1. The molecule has 62 valence electrons. The molecule has 4 heteroatoms. The zero-order valence-electron chi connectivity index (χ0n) is 6.62. The maximum atomic E-state index is 10.7. The smallest absolute Gasteiger partial charge is 0.147 e. The Labute approximate surface area is 62.3 Å². The van der Waals surface area contributed by atoms with E-state index in [1.807, 2.05) is 6.92 Å². The van der Waals surface area contributed by atoms with Crippen LogP contribution in [0.2, 0.25) is 0 Å². The normalized spacial score (nSPS) is 15.1. The van der Waals surface area contributed by atoms with E-state index in [4.69, 9.17) is 4.74 Å². The van der Waals surface area contributed by atoms with Gasteiger partial charge in [-0.15, -0.1) is 0 Å². The first-order valence-electron chi connectivity index (χ1n) is 3.12. The minimum Gasteiger partial charge on any atom is -0.384 e. The van der Waals surface area contributed by atoms with Crippen molar-refractivity contribution in [2.75, 3.05) is 25.7 Å². The number of sulfone groups is 1. The molecule has 1 unspecified atom stereocenters. The fraction of sp³-hybridized carbons (Fsp3) is 1.00. The van der Waals surface area contributed by atoms with Gasteiger partial charge in [-0.2, -0.15) is 0 Å². The third-order valence-corrected chi connectivity index (χ3v) is 2.21. The third-order valence-electron chi connectivity index (χ3n) is 1.04. The summed E-state index contributed by atoms with van der Waals surface area (Å²) in [5.41, 5.74) is 0. The number of hydrogen-bond donors (Lipinski definition) is 0. The lowest BCUT2D eigenvalue weighted by molar-refractivity contribution is 0.167. The highest BCUT2D eigenvalue weighted by molar-refractivity contribution is 7.90. The van der Waals surface area contributed by atoms with Gasteiger partial charge in [-0.25, -0.2) is 8.42 Å². The lowest BCUT2D eigenvalue weighted by Gasteiger charge is -2.06. The summed E-state index contributed by atoms with van der Waals surface area (Å²) in [7, 11) is -1.26. The van der Waals surface area contributed by atoms with Gasteiger partial charge >= 0.3 is 0 Å². The molecule has 0 fully saturated rings. The second-order valence-electron chi connectivity index (χ2n) is 2.65. The van der Waals surface area contributed by atoms with Crippen LogP contribution in [-0.2, 0) is 14.6 Å². The summed E-state index contributed by atoms with van der Waals surface area (Å²) in [6.45, 7) is 2.36. The first-order chi connectivity index (χ1) is 4.45. The Bertz CT molecular complexity index is 171. The largest absolute Gasteiger partial charge is 0.384 e. The molecule has 0 rings (SSSR count). The van der Waals surface area contributed by atoms with Gasteiger partial charge in [-0.3, -0.25) is 0 Å². The zero-order chi connectivity index (χ0) is 8.20. The summed E-state index contributed by atoms with van der Waals surface area (Å²) in [6.07, 6.45) is 1.24. The van der Waals surface area contributed by atoms with Gasteiger partial charge in [0.25, 0.3) is 0 Å². The molecule has 0 aliphatic carbocycles. The highest BCUT2D eigenvalue weighted by Gasteiger charge is 2.09. The molecule has 0 saturated carbocycles. The van der Waals surface area contributed by atoms with E-state index in [0.717, 1.165) is 0 Å². The summed E-state index contributed by atoms with van der Waals surface area (Å²) in [6, 6.07) is 0. The van der Waals surface area contributed by atoms with Crippen molar-refractivity contribution in [2.24, 2.45) is 5.92 Å². The van der Waals surface area contributed by atoms with Crippen molar-refractivity contribution in [2.45, 2.75) is 6.92 Å². The van der Waals surface area contributed by atoms with Crippen LogP contribution in [-0.4, -0.2) is 34.1 Å². The van der Waals surface area contributed by atoms with Crippen LogP contribution >= 0.6 is 0 Å². The third kappa shape index (κ3) is 6.04. The molecule has 0 aromatic carbocycles. The van der Waals surface area contributed by atoms with E-state index in [-0.39, 0.29) is 11.7 Å². The lowest BCUT2D eigenvalue weighted by atomic mass is 10.2. The fourth-order valence-corrected chi connectivity index (χ4v) is 1.98. The number of methoxy groups -OCH3 is 1. The van der Waals surface area contributed by atoms with Gasteiger partial charge in [0.05, 0.1) is 5.75 Å². The van der Waals surface area contributed by atoms with E-state index in [1.54, 1.807) is 7.11 Å². The van der Waals surface area contributed by atoms with Crippen molar-refractivity contribution < 1.29 is 13.2 Å². The lowest BCUT2D eigenvalue weighted by Crippen LogP contribution is -2.15. The van der Waals surface area contributed by atoms with Crippen LogP contribution in [0.3, 0.4) is 0 Å². The predicted molar refractivity (Wildman–Crippen MR) is 40.8 cm³/mol. The molecule has 0 spiro atoms. The maximum Gasteiger partial charge on any atom is 0.147 e. The van der Waals surface area contributed by atoms with Gasteiger partial charge in [-0.05, 0) is 5.92 Å². The Morgan fingerprint density at radius 2 is 2.00 bits per heavy atom. The van der Waals surface area contributed by atoms with Crippen LogP contribution in [0.5, 0.6) is 0 Å². The van der Waals surface area contributed by atoms with Crippen molar-refractivity contribution in [3.63, 3.8) is 0 Å². The molecule has 0 bridgehead atoms. The first-order valence-corrected chi connectivity index (χ1v) is 5.18. The average molecular weight is 166 g/mol. The van der Waals surface area contributed by atoms with Crippen LogP contribution in [0.4, 0.5) is 0 Å². The topological polar surface area (TPSA) is 43.4 Å². The molecule has 0 aromatic heterocycles. The van der Waals surface area contributed by atoms with Crippen LogP contribution < -0.4 is 0 Å². The summed E-state index contributed by atoms with van der Waals surface area (Å²) in [4.78, 5) is 0. The van der Waals surface area contributed by atoms with Crippen LogP contribution in [0.1, 0.15) is 6.92 Å². The molecule has 0 radical (unpaired) electrons. The summed E-state index contributed by atoms with van der Waals surface area (Å²) in [5.74, 6) is 0.306. The van der Waals surface area contributed by atoms with Crippen molar-refractivity contribution in [3.05, 3.63) is 0 Å². The molecule has 0 aliphatic rings. The van der Waals surface area contributed by atoms with E-state index >= 15 is 0 Å². The number of rotatable bonds is 4. The highest BCUT2D eigenvalue weighted by atomic mass is 32.2. The second-order valence-corrected chi connectivity index (χ2v) is 4.84. The van der Waals surface area contributed by atoms with Gasteiger partial charge in [0.15, 0.2) is 0 Å². The van der Waals surface area contributed by atoms with Gasteiger partial charge in [0.2, 0.25) is 0 Å². The predicted octanol–water partition coefficient (Wildman–Crippen LogP) is 0.314. The molecule has 3 nitrogen and oxygen atoms in total. The van der Waals surface area contributed by atoms with Gasteiger partial charge in [-0.1, -0.05) is 6.92 Å². The minimum atomic E-state index is -2.83. The Kier molecular flexibility index (Phi) is 3.89. The molecule has 0 N–H and O–H groups in total. The molecule has 0 aromatic rings. The molecule has 0 heterocycles. The van der Waals surface area contributed by atoms with E-state index < -0.39 is 9.84 Å². The molecule has 0 amide bonds. The SMILES string of the molecule is COCC(C)CS(C)(=O)=O. The fourth-order valence-electron chi connectivity index (χ4n) is 0.849. The molecule has 0 saturated heterocycles. The van der Waals surface area contributed by atoms with Crippen LogP contribution in [0.15, 0.2) is 0 Å². The van der Waals surface area contributed by atoms with E-state index in [0.29, 0.717) is 6.61 Å². The number of hydrogen-bond acceptors (Lipinski definition) is 3. The zero-order valence-corrected chi connectivity index (χ0v) is 7.44. The Morgan fingerprint density at radius 1 is 1.50 bits per heavy atom. The van der Waals surface area contributed by atoms with Crippen LogP contribution in [0, 0.1) is 5.92 Å². The van der Waals surface area contributed by atoms with Crippen LogP contribution in [0.25, 0.3) is 0 Å². The molecule has 10 heavy (non-hydrogen) atoms. The first kappa shape index (κ1) is 9.91. The van der Waals surface area contributed by atoms with E-state index in [2.05, 4.69) is 0 Å². The molecule has 0 aliphatic heterocycles. The molecular weight excluding hydrogens is 152 g/mol. The highest BCUT2D eigenvalue weighted by Crippen LogP contribution is 1.98. The minimum absolute atomic E-state index is 0.0972. The van der Waals surface area contributed by atoms with Crippen molar-refractivity contribution >= 4 is 9.84 Å².